The van der Waals surface area contributed by atoms with Gasteiger partial charge in [-0.05, 0) is 0 Å². The van der Waals surface area contributed by atoms with Crippen LogP contribution in [0.2, 0.25) is 0 Å². The zero-order chi connectivity index (χ0) is 11.1. The Morgan fingerprint density at radius 3 is 2.80 bits per heavy atom. The number of rotatable bonds is 3. The zero-order valence-corrected chi connectivity index (χ0v) is 7.78. The van der Waals surface area contributed by atoms with Crippen molar-refractivity contribution in [1.29, 1.82) is 5.26 Å². The fraction of sp³-hybridized carbons (Fsp3) is 0.250. The molecule has 0 atom stereocenters. The fourth-order valence-corrected chi connectivity index (χ4v) is 0.837. The van der Waals surface area contributed by atoms with Crippen molar-refractivity contribution in [2.45, 2.75) is 6.54 Å². The smallest absolute Gasteiger partial charge is 0.310 e. The number of aromatic nitrogens is 2. The highest BCUT2D eigenvalue weighted by atomic mass is 16.2. The second-order valence-electron chi connectivity index (χ2n) is 2.60. The summed E-state index contributed by atoms with van der Waals surface area (Å²) in [5, 5.41) is 12.7. The molecule has 1 rings (SSSR count). The fourth-order valence-electron chi connectivity index (χ4n) is 0.837. The summed E-state index contributed by atoms with van der Waals surface area (Å²) in [6.45, 7) is 0.00905. The van der Waals surface area contributed by atoms with Gasteiger partial charge >= 0.3 is 11.8 Å². The summed E-state index contributed by atoms with van der Waals surface area (Å²) >= 11 is 0. The monoisotopic (exact) mass is 207 g/mol. The highest BCUT2D eigenvalue weighted by molar-refractivity contribution is 6.35. The Balaban J connectivity index is 2.30. The molecule has 0 fully saturated rings. The van der Waals surface area contributed by atoms with Crippen molar-refractivity contribution in [3.63, 3.8) is 0 Å². The molecule has 0 unspecified atom stereocenters. The van der Waals surface area contributed by atoms with E-state index in [0.717, 1.165) is 0 Å². The van der Waals surface area contributed by atoms with Gasteiger partial charge in [0.05, 0.1) is 24.6 Å². The summed E-state index contributed by atoms with van der Waals surface area (Å²) in [4.78, 5) is 28.5. The second kappa shape index (κ2) is 5.39. The number of carbonyl (C=O) groups is 2. The summed E-state index contributed by atoms with van der Waals surface area (Å²) in [5.74, 6) is -1.60. The van der Waals surface area contributed by atoms with Crippen molar-refractivity contribution < 1.29 is 9.59 Å². The van der Waals surface area contributed by atoms with Crippen LogP contribution >= 0.6 is 0 Å². The highest BCUT2D eigenvalue weighted by Crippen LogP contribution is 1.88. The lowest BCUT2D eigenvalue weighted by Gasteiger charge is -2.02. The topological polar surface area (TPSA) is 111 Å². The summed E-state index contributed by atoms with van der Waals surface area (Å²) < 4.78 is 0. The SMILES string of the molecule is N#CCNC(=O)C(=O)NCc1cnc[nH]1. The van der Waals surface area contributed by atoms with Gasteiger partial charge in [0, 0.05) is 6.20 Å². The lowest BCUT2D eigenvalue weighted by atomic mass is 10.4. The Labute approximate surface area is 85.5 Å². The number of hydrogen-bond donors (Lipinski definition) is 3. The van der Waals surface area contributed by atoms with Crippen molar-refractivity contribution in [2.75, 3.05) is 6.54 Å². The molecule has 1 aromatic rings. The minimum atomic E-state index is -0.823. The first-order chi connectivity index (χ1) is 7.24. The molecule has 15 heavy (non-hydrogen) atoms. The van der Waals surface area contributed by atoms with E-state index >= 15 is 0 Å². The van der Waals surface area contributed by atoms with E-state index in [1.54, 1.807) is 6.07 Å². The number of imidazole rings is 1. The van der Waals surface area contributed by atoms with E-state index in [4.69, 9.17) is 5.26 Å². The molecule has 3 N–H and O–H groups in total. The van der Waals surface area contributed by atoms with Crippen molar-refractivity contribution in [2.24, 2.45) is 0 Å². The molecule has 0 saturated carbocycles. The number of carbonyl (C=O) groups excluding carboxylic acids is 2. The molecule has 1 heterocycles. The molecule has 2 amide bonds. The van der Waals surface area contributed by atoms with E-state index in [0.29, 0.717) is 5.69 Å². The number of nitrogens with one attached hydrogen (secondary N) is 3. The number of nitrogens with zero attached hydrogens (tertiary/aromatic N) is 2. The first-order valence-corrected chi connectivity index (χ1v) is 4.14. The summed E-state index contributed by atoms with van der Waals surface area (Å²) in [5.41, 5.74) is 0.691. The number of aromatic amines is 1. The molecule has 1 aromatic heterocycles. The minimum Gasteiger partial charge on any atom is -0.347 e. The molecule has 0 bridgehead atoms. The maximum absolute atomic E-state index is 11.1. The van der Waals surface area contributed by atoms with Crippen LogP contribution in [0.5, 0.6) is 0 Å². The first-order valence-electron chi connectivity index (χ1n) is 4.14. The van der Waals surface area contributed by atoms with Crippen LogP contribution in [0.4, 0.5) is 0 Å². The Morgan fingerprint density at radius 1 is 1.47 bits per heavy atom. The average molecular weight is 207 g/mol. The van der Waals surface area contributed by atoms with Gasteiger partial charge in [0.25, 0.3) is 0 Å². The molecule has 7 nitrogen and oxygen atoms in total. The summed E-state index contributed by atoms with van der Waals surface area (Å²) in [6.07, 6.45) is 3.00. The molecule has 7 heteroatoms. The Hall–Kier alpha value is -2.36. The van der Waals surface area contributed by atoms with Crippen LogP contribution in [0.25, 0.3) is 0 Å². The molecule has 0 saturated heterocycles. The van der Waals surface area contributed by atoms with E-state index in [-0.39, 0.29) is 13.1 Å². The third-order valence-electron chi connectivity index (χ3n) is 1.53. The van der Waals surface area contributed by atoms with Crippen LogP contribution in [0.15, 0.2) is 12.5 Å². The average Bonchev–Trinajstić information content (AvgIpc) is 2.75. The van der Waals surface area contributed by atoms with E-state index in [1.807, 2.05) is 0 Å². The van der Waals surface area contributed by atoms with E-state index in [2.05, 4.69) is 20.6 Å². The van der Waals surface area contributed by atoms with Gasteiger partial charge < -0.3 is 15.6 Å². The van der Waals surface area contributed by atoms with Crippen LogP contribution in [-0.2, 0) is 16.1 Å². The van der Waals surface area contributed by atoms with Crippen molar-refractivity contribution in [1.82, 2.24) is 20.6 Å². The van der Waals surface area contributed by atoms with Gasteiger partial charge in [-0.1, -0.05) is 0 Å². The van der Waals surface area contributed by atoms with Gasteiger partial charge in [-0.15, -0.1) is 0 Å². The number of amides is 2. The predicted octanol–water partition coefficient (Wildman–Crippen LogP) is -1.33. The van der Waals surface area contributed by atoms with Crippen molar-refractivity contribution in [3.8, 4) is 6.07 Å². The molecule has 78 valence electrons. The highest BCUT2D eigenvalue weighted by Gasteiger charge is 2.11. The van der Waals surface area contributed by atoms with Gasteiger partial charge in [-0.25, -0.2) is 4.98 Å². The van der Waals surface area contributed by atoms with Crippen molar-refractivity contribution in [3.05, 3.63) is 18.2 Å². The first kappa shape index (κ1) is 10.7. The van der Waals surface area contributed by atoms with E-state index < -0.39 is 11.8 Å². The lowest BCUT2D eigenvalue weighted by molar-refractivity contribution is -0.139. The summed E-state index contributed by atoms with van der Waals surface area (Å²) in [7, 11) is 0. The minimum absolute atomic E-state index is 0.184. The molecule has 0 spiro atoms. The third kappa shape index (κ3) is 3.48. The number of hydrogen-bond acceptors (Lipinski definition) is 4. The van der Waals surface area contributed by atoms with Gasteiger partial charge in [-0.2, -0.15) is 5.26 Å². The van der Waals surface area contributed by atoms with Gasteiger partial charge in [0.1, 0.15) is 6.54 Å². The quantitative estimate of drug-likeness (QED) is 0.421. The molecular formula is C8H9N5O2. The largest absolute Gasteiger partial charge is 0.347 e. The van der Waals surface area contributed by atoms with Crippen molar-refractivity contribution >= 4 is 11.8 Å². The normalized spacial score (nSPS) is 9.00. The van der Waals surface area contributed by atoms with Gasteiger partial charge in [0.2, 0.25) is 0 Å². The standard InChI is InChI=1S/C8H9N5O2/c9-1-2-11-7(14)8(15)12-4-6-3-10-5-13-6/h3,5H,2,4H2,(H,10,13)(H,11,14)(H,12,15). The zero-order valence-electron chi connectivity index (χ0n) is 7.78. The molecule has 0 aliphatic heterocycles. The van der Waals surface area contributed by atoms with Crippen LogP contribution in [-0.4, -0.2) is 28.3 Å². The Morgan fingerprint density at radius 2 is 2.20 bits per heavy atom. The van der Waals surface area contributed by atoms with Gasteiger partial charge in [-0.3, -0.25) is 9.59 Å². The van der Waals surface area contributed by atoms with Crippen LogP contribution < -0.4 is 10.6 Å². The molecule has 0 aliphatic rings. The van der Waals surface area contributed by atoms with Crippen LogP contribution in [0.3, 0.4) is 0 Å². The number of H-pyrrole nitrogens is 1. The maximum atomic E-state index is 11.1. The predicted molar refractivity (Wildman–Crippen MR) is 49.1 cm³/mol. The lowest BCUT2D eigenvalue weighted by Crippen LogP contribution is -2.39. The molecule has 0 aliphatic carbocycles. The molecule has 0 radical (unpaired) electrons. The van der Waals surface area contributed by atoms with Crippen LogP contribution in [0, 0.1) is 11.3 Å². The Bertz CT molecular complexity index is 378. The molecule has 0 aromatic carbocycles. The Kier molecular flexibility index (Phi) is 3.85. The molecular weight excluding hydrogens is 198 g/mol. The van der Waals surface area contributed by atoms with Crippen LogP contribution in [0.1, 0.15) is 5.69 Å². The number of nitriles is 1. The van der Waals surface area contributed by atoms with E-state index in [1.165, 1.54) is 12.5 Å². The van der Waals surface area contributed by atoms with E-state index in [9.17, 15) is 9.59 Å². The second-order valence-corrected chi connectivity index (χ2v) is 2.60. The summed E-state index contributed by atoms with van der Waals surface area (Å²) in [6, 6.07) is 1.70. The maximum Gasteiger partial charge on any atom is 0.310 e. The van der Waals surface area contributed by atoms with Gasteiger partial charge in [0.15, 0.2) is 0 Å². The third-order valence-corrected chi connectivity index (χ3v) is 1.53.